The molecule has 0 aromatic carbocycles. The topological polar surface area (TPSA) is 39.1 Å². The maximum Gasteiger partial charge on any atom is 0.0628 e. The van der Waals surface area contributed by atoms with Gasteiger partial charge in [-0.2, -0.15) is 5.26 Å². The second-order valence-electron chi connectivity index (χ2n) is 6.15. The summed E-state index contributed by atoms with van der Waals surface area (Å²) < 4.78 is 0. The van der Waals surface area contributed by atoms with Crippen molar-refractivity contribution in [2.24, 2.45) is 5.41 Å². The van der Waals surface area contributed by atoms with Gasteiger partial charge in [0.25, 0.3) is 0 Å². The third-order valence-corrected chi connectivity index (χ3v) is 4.30. The molecule has 2 rings (SSSR count). The van der Waals surface area contributed by atoms with Crippen molar-refractivity contribution in [3.8, 4) is 6.07 Å². The SMILES string of the molecule is CC(C)N(CC1CCCN1)CC1(CC#N)CC1. The molecular weight excluding hydrogens is 210 g/mol. The van der Waals surface area contributed by atoms with Crippen molar-refractivity contribution in [2.75, 3.05) is 19.6 Å². The Morgan fingerprint density at radius 3 is 2.71 bits per heavy atom. The van der Waals surface area contributed by atoms with Gasteiger partial charge in [0.1, 0.15) is 0 Å². The number of nitrogens with zero attached hydrogens (tertiary/aromatic N) is 2. The number of hydrogen-bond donors (Lipinski definition) is 1. The minimum Gasteiger partial charge on any atom is -0.313 e. The lowest BCUT2D eigenvalue weighted by atomic mass is 10.0. The van der Waals surface area contributed by atoms with E-state index in [0.717, 1.165) is 19.5 Å². The van der Waals surface area contributed by atoms with Crippen LogP contribution in [0.2, 0.25) is 0 Å². The second-order valence-corrected chi connectivity index (χ2v) is 6.15. The van der Waals surface area contributed by atoms with Crippen molar-refractivity contribution in [1.82, 2.24) is 10.2 Å². The Labute approximate surface area is 105 Å². The summed E-state index contributed by atoms with van der Waals surface area (Å²) in [4.78, 5) is 2.58. The van der Waals surface area contributed by atoms with Crippen LogP contribution in [0.3, 0.4) is 0 Å². The van der Waals surface area contributed by atoms with E-state index in [-0.39, 0.29) is 0 Å². The van der Waals surface area contributed by atoms with Gasteiger partial charge in [0.15, 0.2) is 0 Å². The van der Waals surface area contributed by atoms with Crippen LogP contribution in [0.1, 0.15) is 46.0 Å². The molecule has 2 aliphatic rings. The molecule has 3 nitrogen and oxygen atoms in total. The van der Waals surface area contributed by atoms with Crippen LogP contribution in [0.25, 0.3) is 0 Å². The molecule has 0 bridgehead atoms. The van der Waals surface area contributed by atoms with Gasteiger partial charge in [-0.1, -0.05) is 0 Å². The van der Waals surface area contributed by atoms with Crippen LogP contribution in [0.15, 0.2) is 0 Å². The van der Waals surface area contributed by atoms with E-state index in [9.17, 15) is 0 Å². The predicted molar refractivity (Wildman–Crippen MR) is 69.6 cm³/mol. The first-order valence-corrected chi connectivity index (χ1v) is 7.00. The van der Waals surface area contributed by atoms with Crippen LogP contribution in [0.4, 0.5) is 0 Å². The van der Waals surface area contributed by atoms with Crippen LogP contribution in [-0.2, 0) is 0 Å². The van der Waals surface area contributed by atoms with Crippen molar-refractivity contribution < 1.29 is 0 Å². The van der Waals surface area contributed by atoms with Gasteiger partial charge in [0.05, 0.1) is 6.07 Å². The van der Waals surface area contributed by atoms with Crippen LogP contribution >= 0.6 is 0 Å². The maximum atomic E-state index is 8.90. The standard InChI is InChI=1S/C14H25N3/c1-12(2)17(10-13-4-3-9-16-13)11-14(5-6-14)7-8-15/h12-13,16H,3-7,9-11H2,1-2H3. The van der Waals surface area contributed by atoms with Gasteiger partial charge < -0.3 is 5.32 Å². The smallest absolute Gasteiger partial charge is 0.0628 e. The average molecular weight is 235 g/mol. The zero-order chi connectivity index (χ0) is 12.3. The van der Waals surface area contributed by atoms with Gasteiger partial charge in [-0.3, -0.25) is 4.90 Å². The molecule has 1 unspecified atom stereocenters. The lowest BCUT2D eigenvalue weighted by Gasteiger charge is -2.32. The molecule has 1 atom stereocenters. The molecule has 96 valence electrons. The van der Waals surface area contributed by atoms with Crippen molar-refractivity contribution in [3.63, 3.8) is 0 Å². The van der Waals surface area contributed by atoms with Gasteiger partial charge >= 0.3 is 0 Å². The summed E-state index contributed by atoms with van der Waals surface area (Å²) in [5.41, 5.74) is 0.345. The van der Waals surface area contributed by atoms with E-state index in [1.807, 2.05) is 0 Å². The summed E-state index contributed by atoms with van der Waals surface area (Å²) in [6, 6.07) is 3.63. The Bertz CT molecular complexity index is 282. The molecule has 0 aromatic rings. The van der Waals surface area contributed by atoms with Crippen LogP contribution < -0.4 is 5.32 Å². The molecule has 2 fully saturated rings. The number of hydrogen-bond acceptors (Lipinski definition) is 3. The highest BCUT2D eigenvalue weighted by molar-refractivity contribution is 5.01. The van der Waals surface area contributed by atoms with Crippen molar-refractivity contribution in [1.29, 1.82) is 5.26 Å². The van der Waals surface area contributed by atoms with Gasteiger partial charge in [-0.25, -0.2) is 0 Å². The molecule has 1 N–H and O–H groups in total. The van der Waals surface area contributed by atoms with E-state index in [1.54, 1.807) is 0 Å². The molecule has 1 saturated heterocycles. The Kier molecular flexibility index (Phi) is 4.06. The fourth-order valence-electron chi connectivity index (χ4n) is 2.82. The molecule has 1 aliphatic heterocycles. The van der Waals surface area contributed by atoms with E-state index in [0.29, 0.717) is 17.5 Å². The summed E-state index contributed by atoms with van der Waals surface area (Å²) in [5.74, 6) is 0. The summed E-state index contributed by atoms with van der Waals surface area (Å²) in [7, 11) is 0. The Hall–Kier alpha value is -0.590. The number of nitrogens with one attached hydrogen (secondary N) is 1. The third kappa shape index (κ3) is 3.43. The molecule has 0 spiro atoms. The molecule has 0 amide bonds. The van der Waals surface area contributed by atoms with Gasteiger partial charge in [-0.15, -0.1) is 0 Å². The first-order chi connectivity index (χ1) is 8.15. The highest BCUT2D eigenvalue weighted by Gasteiger charge is 2.44. The van der Waals surface area contributed by atoms with Gasteiger partial charge in [0.2, 0.25) is 0 Å². The first kappa shape index (κ1) is 12.9. The third-order valence-electron chi connectivity index (χ3n) is 4.30. The van der Waals surface area contributed by atoms with E-state index in [1.165, 1.54) is 32.2 Å². The van der Waals surface area contributed by atoms with Crippen molar-refractivity contribution in [3.05, 3.63) is 0 Å². The molecule has 1 aliphatic carbocycles. The predicted octanol–water partition coefficient (Wildman–Crippen LogP) is 2.14. The second kappa shape index (κ2) is 5.37. The average Bonchev–Trinajstić information content (AvgIpc) is 2.84. The lowest BCUT2D eigenvalue weighted by Crippen LogP contribution is -2.44. The van der Waals surface area contributed by atoms with Crippen LogP contribution in [-0.4, -0.2) is 36.6 Å². The summed E-state index contributed by atoms with van der Waals surface area (Å²) in [6.45, 7) is 8.01. The van der Waals surface area contributed by atoms with Gasteiger partial charge in [0, 0.05) is 31.6 Å². The molecule has 1 saturated carbocycles. The molecular formula is C14H25N3. The summed E-state index contributed by atoms with van der Waals surface area (Å²) in [6.07, 6.45) is 5.88. The maximum absolute atomic E-state index is 8.90. The van der Waals surface area contributed by atoms with Gasteiger partial charge in [-0.05, 0) is 51.5 Å². The van der Waals surface area contributed by atoms with Crippen LogP contribution in [0.5, 0.6) is 0 Å². The number of nitriles is 1. The zero-order valence-electron chi connectivity index (χ0n) is 11.2. The highest BCUT2D eigenvalue weighted by atomic mass is 15.2. The molecule has 17 heavy (non-hydrogen) atoms. The summed E-state index contributed by atoms with van der Waals surface area (Å²) in [5, 5.41) is 12.5. The van der Waals surface area contributed by atoms with Crippen molar-refractivity contribution >= 4 is 0 Å². The largest absolute Gasteiger partial charge is 0.313 e. The molecule has 3 heteroatoms. The molecule has 0 aromatic heterocycles. The van der Waals surface area contributed by atoms with E-state index >= 15 is 0 Å². The fraction of sp³-hybridized carbons (Fsp3) is 0.929. The Balaban J connectivity index is 1.86. The molecule has 1 heterocycles. The summed E-state index contributed by atoms with van der Waals surface area (Å²) >= 11 is 0. The zero-order valence-corrected chi connectivity index (χ0v) is 11.2. The quantitative estimate of drug-likeness (QED) is 0.766. The molecule has 0 radical (unpaired) electrons. The highest BCUT2D eigenvalue weighted by Crippen LogP contribution is 2.49. The van der Waals surface area contributed by atoms with E-state index in [2.05, 4.69) is 30.1 Å². The first-order valence-electron chi connectivity index (χ1n) is 7.00. The van der Waals surface area contributed by atoms with Crippen molar-refractivity contribution in [2.45, 2.75) is 58.0 Å². The minimum atomic E-state index is 0.345. The Morgan fingerprint density at radius 1 is 1.47 bits per heavy atom. The van der Waals surface area contributed by atoms with E-state index in [4.69, 9.17) is 5.26 Å². The normalized spacial score (nSPS) is 26.4. The monoisotopic (exact) mass is 235 g/mol. The van der Waals surface area contributed by atoms with Crippen LogP contribution in [0, 0.1) is 16.7 Å². The minimum absolute atomic E-state index is 0.345. The Morgan fingerprint density at radius 2 is 2.24 bits per heavy atom. The fourth-order valence-corrected chi connectivity index (χ4v) is 2.82. The number of rotatable bonds is 6. The van der Waals surface area contributed by atoms with E-state index < -0.39 is 0 Å². The lowest BCUT2D eigenvalue weighted by molar-refractivity contribution is 0.164.